The maximum absolute atomic E-state index is 11.3. The molecule has 0 aliphatic carbocycles. The molecule has 0 amide bonds. The van der Waals surface area contributed by atoms with Crippen molar-refractivity contribution in [3.05, 3.63) is 29.8 Å². The highest BCUT2D eigenvalue weighted by Crippen LogP contribution is 2.16. The van der Waals surface area contributed by atoms with E-state index < -0.39 is 6.10 Å². The van der Waals surface area contributed by atoms with Crippen molar-refractivity contribution in [2.45, 2.75) is 45.9 Å². The first-order chi connectivity index (χ1) is 8.81. The van der Waals surface area contributed by atoms with Crippen LogP contribution >= 0.6 is 0 Å². The van der Waals surface area contributed by atoms with Gasteiger partial charge in [-0.25, -0.2) is 4.79 Å². The summed E-state index contributed by atoms with van der Waals surface area (Å²) in [5.41, 5.74) is 1.18. The first kappa shape index (κ1) is 15.5. The molecular weight excluding hydrogens is 242 g/mol. The van der Waals surface area contributed by atoms with E-state index in [0.29, 0.717) is 5.75 Å². The molecule has 1 aromatic rings. The number of benzene rings is 1. The van der Waals surface area contributed by atoms with E-state index in [1.807, 2.05) is 24.3 Å². The van der Waals surface area contributed by atoms with Crippen LogP contribution in [0.4, 0.5) is 0 Å². The molecule has 0 spiro atoms. The van der Waals surface area contributed by atoms with Crippen LogP contribution in [0, 0.1) is 0 Å². The molecule has 0 aromatic heterocycles. The first-order valence-electron chi connectivity index (χ1n) is 6.40. The summed E-state index contributed by atoms with van der Waals surface area (Å²) in [6.07, 6.45) is -0.601. The summed E-state index contributed by atoms with van der Waals surface area (Å²) in [4.78, 5) is 11.3. The Labute approximate surface area is 115 Å². The highest BCUT2D eigenvalue weighted by Gasteiger charge is 2.15. The van der Waals surface area contributed by atoms with Gasteiger partial charge in [-0.15, -0.1) is 0 Å². The van der Waals surface area contributed by atoms with Crippen molar-refractivity contribution >= 4 is 5.97 Å². The number of carbonyl (C=O) groups is 1. The molecule has 0 saturated carbocycles. The van der Waals surface area contributed by atoms with Gasteiger partial charge in [-0.2, -0.15) is 0 Å². The fourth-order valence-electron chi connectivity index (χ4n) is 1.51. The van der Waals surface area contributed by atoms with Gasteiger partial charge in [0, 0.05) is 12.1 Å². The summed E-state index contributed by atoms with van der Waals surface area (Å²) < 4.78 is 10.2. The average Bonchev–Trinajstić information content (AvgIpc) is 2.35. The molecule has 0 radical (unpaired) electrons. The first-order valence-corrected chi connectivity index (χ1v) is 6.40. The van der Waals surface area contributed by atoms with Crippen LogP contribution < -0.4 is 10.1 Å². The summed E-state index contributed by atoms with van der Waals surface area (Å²) in [5, 5.41) is 3.41. The Morgan fingerprint density at radius 1 is 1.37 bits per heavy atom. The Kier molecular flexibility index (Phi) is 5.36. The third kappa shape index (κ3) is 5.75. The Bertz CT molecular complexity index is 424. The quantitative estimate of drug-likeness (QED) is 0.831. The van der Waals surface area contributed by atoms with Crippen LogP contribution in [0.2, 0.25) is 0 Å². The number of methoxy groups -OCH3 is 1. The molecule has 1 aromatic carbocycles. The number of ether oxygens (including phenoxy) is 2. The molecular formula is C15H23NO3. The predicted octanol–water partition coefficient (Wildman–Crippen LogP) is 2.52. The molecule has 1 atom stereocenters. The van der Waals surface area contributed by atoms with E-state index in [-0.39, 0.29) is 11.5 Å². The molecule has 1 N–H and O–H groups in total. The Morgan fingerprint density at radius 3 is 2.63 bits per heavy atom. The van der Waals surface area contributed by atoms with Crippen molar-refractivity contribution in [1.29, 1.82) is 0 Å². The maximum atomic E-state index is 11.3. The summed E-state index contributed by atoms with van der Waals surface area (Å²) in [6, 6.07) is 7.70. The van der Waals surface area contributed by atoms with Crippen LogP contribution in [0.15, 0.2) is 24.3 Å². The van der Waals surface area contributed by atoms with Gasteiger partial charge in [0.15, 0.2) is 6.10 Å². The lowest BCUT2D eigenvalue weighted by molar-refractivity contribution is -0.147. The molecule has 106 valence electrons. The molecule has 0 aliphatic rings. The number of carbonyl (C=O) groups excluding carboxylic acids is 1. The van der Waals surface area contributed by atoms with E-state index in [0.717, 1.165) is 12.1 Å². The van der Waals surface area contributed by atoms with Gasteiger partial charge in [0.05, 0.1) is 7.11 Å². The molecule has 0 bridgehead atoms. The third-order valence-electron chi connectivity index (χ3n) is 2.57. The van der Waals surface area contributed by atoms with Crippen LogP contribution in [0.25, 0.3) is 0 Å². The summed E-state index contributed by atoms with van der Waals surface area (Å²) in [5.74, 6) is 0.296. The largest absolute Gasteiger partial charge is 0.479 e. The van der Waals surface area contributed by atoms with Crippen LogP contribution in [0.3, 0.4) is 0 Å². The second-order valence-corrected chi connectivity index (χ2v) is 5.53. The Morgan fingerprint density at radius 2 is 2.05 bits per heavy atom. The van der Waals surface area contributed by atoms with Crippen LogP contribution in [0.1, 0.15) is 33.3 Å². The van der Waals surface area contributed by atoms with Gasteiger partial charge in [0.25, 0.3) is 0 Å². The zero-order valence-corrected chi connectivity index (χ0v) is 12.3. The van der Waals surface area contributed by atoms with Crippen molar-refractivity contribution in [3.8, 4) is 5.75 Å². The van der Waals surface area contributed by atoms with E-state index in [1.165, 1.54) is 7.11 Å². The third-order valence-corrected chi connectivity index (χ3v) is 2.57. The van der Waals surface area contributed by atoms with Gasteiger partial charge in [-0.1, -0.05) is 12.1 Å². The van der Waals surface area contributed by atoms with Gasteiger partial charge in [-0.3, -0.25) is 0 Å². The van der Waals surface area contributed by atoms with E-state index in [1.54, 1.807) is 6.92 Å². The van der Waals surface area contributed by atoms with E-state index in [9.17, 15) is 4.79 Å². The maximum Gasteiger partial charge on any atom is 0.346 e. The van der Waals surface area contributed by atoms with Crippen molar-refractivity contribution in [2.24, 2.45) is 0 Å². The van der Waals surface area contributed by atoms with Crippen LogP contribution in [0.5, 0.6) is 5.75 Å². The summed E-state index contributed by atoms with van der Waals surface area (Å²) in [6.45, 7) is 8.78. The molecule has 0 aliphatic heterocycles. The minimum Gasteiger partial charge on any atom is -0.479 e. The molecule has 4 nitrogen and oxygen atoms in total. The highest BCUT2D eigenvalue weighted by molar-refractivity contribution is 5.74. The second kappa shape index (κ2) is 6.57. The molecule has 19 heavy (non-hydrogen) atoms. The highest BCUT2D eigenvalue weighted by atomic mass is 16.6. The molecule has 1 rings (SSSR count). The SMILES string of the molecule is COC(=O)C(C)Oc1cccc(CNC(C)(C)C)c1. The number of esters is 1. The van der Waals surface area contributed by atoms with E-state index in [2.05, 4.69) is 30.8 Å². The minimum absolute atomic E-state index is 0.0656. The zero-order valence-electron chi connectivity index (χ0n) is 12.3. The van der Waals surface area contributed by atoms with Gasteiger partial charge in [0.1, 0.15) is 5.75 Å². The van der Waals surface area contributed by atoms with Crippen molar-refractivity contribution < 1.29 is 14.3 Å². The lowest BCUT2D eigenvalue weighted by atomic mass is 10.1. The van der Waals surface area contributed by atoms with Crippen LogP contribution in [-0.4, -0.2) is 24.7 Å². The van der Waals surface area contributed by atoms with E-state index >= 15 is 0 Å². The molecule has 0 heterocycles. The molecule has 4 heteroatoms. The number of hydrogen-bond acceptors (Lipinski definition) is 4. The molecule has 1 unspecified atom stereocenters. The van der Waals surface area contributed by atoms with Crippen molar-refractivity contribution in [2.75, 3.05) is 7.11 Å². The summed E-state index contributed by atoms with van der Waals surface area (Å²) >= 11 is 0. The number of hydrogen-bond donors (Lipinski definition) is 1. The Hall–Kier alpha value is -1.55. The second-order valence-electron chi connectivity index (χ2n) is 5.53. The fourth-order valence-corrected chi connectivity index (χ4v) is 1.51. The van der Waals surface area contributed by atoms with Crippen molar-refractivity contribution in [3.63, 3.8) is 0 Å². The van der Waals surface area contributed by atoms with Gasteiger partial charge in [-0.05, 0) is 45.4 Å². The monoisotopic (exact) mass is 265 g/mol. The lowest BCUT2D eigenvalue weighted by Crippen LogP contribution is -2.35. The normalized spacial score (nSPS) is 12.9. The fraction of sp³-hybridized carbons (Fsp3) is 0.533. The number of rotatable bonds is 5. The smallest absolute Gasteiger partial charge is 0.346 e. The Balaban J connectivity index is 2.64. The standard InChI is InChI=1S/C15H23NO3/c1-11(14(17)18-5)19-13-8-6-7-12(9-13)10-16-15(2,3)4/h6-9,11,16H,10H2,1-5H3. The van der Waals surface area contributed by atoms with Gasteiger partial charge >= 0.3 is 5.97 Å². The van der Waals surface area contributed by atoms with Gasteiger partial charge < -0.3 is 14.8 Å². The average molecular weight is 265 g/mol. The van der Waals surface area contributed by atoms with E-state index in [4.69, 9.17) is 4.74 Å². The zero-order chi connectivity index (χ0) is 14.5. The predicted molar refractivity (Wildman–Crippen MR) is 75.1 cm³/mol. The molecule has 0 fully saturated rings. The minimum atomic E-state index is -0.601. The number of nitrogens with one attached hydrogen (secondary N) is 1. The lowest BCUT2D eigenvalue weighted by Gasteiger charge is -2.21. The topological polar surface area (TPSA) is 47.6 Å². The molecule has 0 saturated heterocycles. The van der Waals surface area contributed by atoms with Gasteiger partial charge in [0.2, 0.25) is 0 Å². The summed E-state index contributed by atoms with van der Waals surface area (Å²) in [7, 11) is 1.35. The van der Waals surface area contributed by atoms with Crippen molar-refractivity contribution in [1.82, 2.24) is 5.32 Å². The van der Waals surface area contributed by atoms with Crippen LogP contribution in [-0.2, 0) is 16.1 Å².